The van der Waals surface area contributed by atoms with Gasteiger partial charge < -0.3 is 5.32 Å². The quantitative estimate of drug-likeness (QED) is 0.473. The van der Waals surface area contributed by atoms with Crippen LogP contribution >= 0.6 is 23.1 Å². The minimum absolute atomic E-state index is 0.0614. The van der Waals surface area contributed by atoms with Crippen LogP contribution in [0.15, 0.2) is 53.0 Å². The van der Waals surface area contributed by atoms with Crippen LogP contribution in [0.1, 0.15) is 33.4 Å². The number of rotatable bonds is 6. The highest BCUT2D eigenvalue weighted by atomic mass is 32.2. The summed E-state index contributed by atoms with van der Waals surface area (Å²) < 4.78 is 1.70. The Morgan fingerprint density at radius 3 is 2.69 bits per heavy atom. The van der Waals surface area contributed by atoms with Crippen LogP contribution in [0.5, 0.6) is 0 Å². The fraction of sp³-hybridized carbons (Fsp3) is 0.238. The third-order valence-corrected chi connectivity index (χ3v) is 6.25. The molecule has 0 radical (unpaired) electrons. The van der Waals surface area contributed by atoms with Crippen molar-refractivity contribution in [3.8, 4) is 0 Å². The molecule has 0 saturated carbocycles. The molecule has 4 rings (SSSR count). The maximum atomic E-state index is 12.7. The van der Waals surface area contributed by atoms with Crippen molar-refractivity contribution in [1.82, 2.24) is 24.9 Å². The van der Waals surface area contributed by atoms with Gasteiger partial charge in [-0.05, 0) is 43.8 Å². The molecule has 3 aromatic heterocycles. The van der Waals surface area contributed by atoms with Gasteiger partial charge >= 0.3 is 0 Å². The van der Waals surface area contributed by atoms with E-state index in [2.05, 4.69) is 51.6 Å². The number of carbonyl (C=O) groups is 1. The van der Waals surface area contributed by atoms with Crippen LogP contribution in [0.2, 0.25) is 0 Å². The van der Waals surface area contributed by atoms with E-state index in [1.54, 1.807) is 15.9 Å². The number of hydrogen-bond acceptors (Lipinski definition) is 6. The van der Waals surface area contributed by atoms with E-state index in [9.17, 15) is 4.79 Å². The van der Waals surface area contributed by atoms with Gasteiger partial charge in [-0.1, -0.05) is 47.7 Å². The molecule has 0 aliphatic heterocycles. The van der Waals surface area contributed by atoms with Gasteiger partial charge in [0.2, 0.25) is 11.1 Å². The number of fused-ring (bicyclic) bond motifs is 1. The number of aromatic nitrogens is 4. The molecule has 29 heavy (non-hydrogen) atoms. The number of nitrogens with one attached hydrogen (secondary N) is 1. The maximum Gasteiger partial charge on any atom is 0.253 e. The Hall–Kier alpha value is -2.71. The molecule has 0 fully saturated rings. The SMILES string of the molecule is Cc1ccc(C(NC(=O)CSc2nc3nc(C)cc(C)n3n2)c2cccs2)cc1. The summed E-state index contributed by atoms with van der Waals surface area (Å²) in [6, 6.07) is 14.1. The van der Waals surface area contributed by atoms with Gasteiger partial charge in [-0.25, -0.2) is 9.50 Å². The lowest BCUT2D eigenvalue weighted by Gasteiger charge is -2.18. The second-order valence-electron chi connectivity index (χ2n) is 6.86. The number of aryl methyl sites for hydroxylation is 3. The van der Waals surface area contributed by atoms with Crippen molar-refractivity contribution >= 4 is 34.8 Å². The van der Waals surface area contributed by atoms with E-state index in [0.717, 1.165) is 21.8 Å². The molecule has 3 heterocycles. The smallest absolute Gasteiger partial charge is 0.253 e. The van der Waals surface area contributed by atoms with Gasteiger partial charge in [0.15, 0.2) is 0 Å². The molecule has 1 aromatic carbocycles. The molecule has 0 aliphatic carbocycles. The first-order valence-corrected chi connectivity index (χ1v) is 11.1. The second kappa shape index (κ2) is 8.34. The number of amides is 1. The monoisotopic (exact) mass is 423 g/mol. The van der Waals surface area contributed by atoms with Crippen LogP contribution in [-0.2, 0) is 4.79 Å². The fourth-order valence-corrected chi connectivity index (χ4v) is 4.51. The lowest BCUT2D eigenvalue weighted by Crippen LogP contribution is -2.30. The number of benzene rings is 1. The van der Waals surface area contributed by atoms with Crippen LogP contribution < -0.4 is 5.32 Å². The number of carbonyl (C=O) groups excluding carboxylic acids is 1. The highest BCUT2D eigenvalue weighted by Crippen LogP contribution is 2.26. The minimum atomic E-state index is -0.163. The highest BCUT2D eigenvalue weighted by Gasteiger charge is 2.19. The summed E-state index contributed by atoms with van der Waals surface area (Å²) >= 11 is 2.95. The molecule has 6 nitrogen and oxygen atoms in total. The van der Waals surface area contributed by atoms with Gasteiger partial charge in [0.25, 0.3) is 5.78 Å². The third-order valence-electron chi connectivity index (χ3n) is 4.47. The predicted molar refractivity (Wildman–Crippen MR) is 116 cm³/mol. The first-order chi connectivity index (χ1) is 14.0. The van der Waals surface area contributed by atoms with Crippen LogP contribution in [0.3, 0.4) is 0 Å². The van der Waals surface area contributed by atoms with Crippen molar-refractivity contribution in [3.05, 3.63) is 75.2 Å². The zero-order chi connectivity index (χ0) is 20.4. The van der Waals surface area contributed by atoms with Crippen LogP contribution in [0.4, 0.5) is 0 Å². The summed E-state index contributed by atoms with van der Waals surface area (Å²) in [5.41, 5.74) is 4.12. The van der Waals surface area contributed by atoms with Gasteiger partial charge in [-0.15, -0.1) is 16.4 Å². The maximum absolute atomic E-state index is 12.7. The van der Waals surface area contributed by atoms with Crippen molar-refractivity contribution < 1.29 is 4.79 Å². The summed E-state index contributed by atoms with van der Waals surface area (Å²) in [5.74, 6) is 0.734. The van der Waals surface area contributed by atoms with E-state index < -0.39 is 0 Å². The summed E-state index contributed by atoms with van der Waals surface area (Å²) in [6.45, 7) is 5.95. The standard InChI is InChI=1S/C21H21N5OS2/c1-13-6-8-16(9-7-13)19(17-5-4-10-28-17)23-18(27)12-29-21-24-20-22-14(2)11-15(3)26(20)25-21/h4-11,19H,12H2,1-3H3,(H,23,27). The number of thiophene rings is 1. The van der Waals surface area contributed by atoms with Crippen LogP contribution in [0, 0.1) is 20.8 Å². The Balaban J connectivity index is 1.47. The zero-order valence-corrected chi connectivity index (χ0v) is 18.0. The Morgan fingerprint density at radius 2 is 1.97 bits per heavy atom. The molecule has 4 aromatic rings. The lowest BCUT2D eigenvalue weighted by molar-refractivity contribution is -0.119. The summed E-state index contributed by atoms with van der Waals surface area (Å²) in [5, 5.41) is 10.2. The van der Waals surface area contributed by atoms with E-state index in [1.807, 2.05) is 37.4 Å². The molecule has 0 saturated heterocycles. The van der Waals surface area contributed by atoms with Crippen molar-refractivity contribution in [3.63, 3.8) is 0 Å². The van der Waals surface area contributed by atoms with Crippen molar-refractivity contribution in [1.29, 1.82) is 0 Å². The number of nitrogens with zero attached hydrogens (tertiary/aromatic N) is 4. The van der Waals surface area contributed by atoms with Gasteiger partial charge in [0.05, 0.1) is 11.8 Å². The van der Waals surface area contributed by atoms with Crippen molar-refractivity contribution in [2.24, 2.45) is 0 Å². The van der Waals surface area contributed by atoms with Gasteiger partial charge in [-0.2, -0.15) is 4.98 Å². The molecular formula is C21H21N5OS2. The predicted octanol–water partition coefficient (Wildman–Crippen LogP) is 4.11. The Bertz CT molecular complexity index is 1140. The van der Waals surface area contributed by atoms with E-state index >= 15 is 0 Å². The van der Waals surface area contributed by atoms with E-state index in [-0.39, 0.29) is 17.7 Å². The number of hydrogen-bond donors (Lipinski definition) is 1. The van der Waals surface area contributed by atoms with Crippen molar-refractivity contribution in [2.45, 2.75) is 32.0 Å². The Kier molecular flexibility index (Phi) is 5.64. The van der Waals surface area contributed by atoms with Crippen molar-refractivity contribution in [2.75, 3.05) is 5.75 Å². The average Bonchev–Trinajstić information content (AvgIpc) is 3.35. The van der Waals surface area contributed by atoms with Gasteiger partial charge in [-0.3, -0.25) is 4.79 Å². The second-order valence-corrected chi connectivity index (χ2v) is 8.78. The summed E-state index contributed by atoms with van der Waals surface area (Å²) in [7, 11) is 0. The molecule has 1 unspecified atom stereocenters. The van der Waals surface area contributed by atoms with E-state index in [4.69, 9.17) is 0 Å². The normalized spacial score (nSPS) is 12.2. The fourth-order valence-electron chi connectivity index (χ4n) is 3.08. The Labute approximate surface area is 177 Å². The molecular weight excluding hydrogens is 402 g/mol. The summed E-state index contributed by atoms with van der Waals surface area (Å²) in [6.07, 6.45) is 0. The number of thioether (sulfide) groups is 1. The lowest BCUT2D eigenvalue weighted by atomic mass is 10.0. The highest BCUT2D eigenvalue weighted by molar-refractivity contribution is 7.99. The van der Waals surface area contributed by atoms with Gasteiger partial charge in [0, 0.05) is 16.3 Å². The summed E-state index contributed by atoms with van der Waals surface area (Å²) in [4.78, 5) is 22.6. The third kappa shape index (κ3) is 4.49. The largest absolute Gasteiger partial charge is 0.344 e. The molecule has 148 valence electrons. The zero-order valence-electron chi connectivity index (χ0n) is 16.4. The van der Waals surface area contributed by atoms with E-state index in [1.165, 1.54) is 17.3 Å². The first-order valence-electron chi connectivity index (χ1n) is 9.23. The first kappa shape index (κ1) is 19.6. The topological polar surface area (TPSA) is 72.2 Å². The molecule has 0 spiro atoms. The van der Waals surface area contributed by atoms with Crippen LogP contribution in [-0.4, -0.2) is 31.2 Å². The minimum Gasteiger partial charge on any atom is -0.344 e. The molecule has 0 bridgehead atoms. The molecule has 1 N–H and O–H groups in total. The van der Waals surface area contributed by atoms with Crippen LogP contribution in [0.25, 0.3) is 5.78 Å². The molecule has 8 heteroatoms. The van der Waals surface area contributed by atoms with Gasteiger partial charge in [0.1, 0.15) is 0 Å². The molecule has 1 amide bonds. The average molecular weight is 424 g/mol. The van der Waals surface area contributed by atoms with E-state index in [0.29, 0.717) is 10.9 Å². The molecule has 0 aliphatic rings. The molecule has 1 atom stereocenters. The Morgan fingerprint density at radius 1 is 1.17 bits per heavy atom.